The first kappa shape index (κ1) is 15.8. The Morgan fingerprint density at radius 3 is 2.70 bits per heavy atom. The molecule has 1 saturated heterocycles. The molecule has 0 N–H and O–H groups in total. The van der Waals surface area contributed by atoms with Gasteiger partial charge in [0.2, 0.25) is 0 Å². The Morgan fingerprint density at radius 2 is 2.05 bits per heavy atom. The van der Waals surface area contributed by atoms with Crippen LogP contribution in [0.3, 0.4) is 0 Å². The lowest BCUT2D eigenvalue weighted by molar-refractivity contribution is 0.147. The number of ether oxygens (including phenoxy) is 1. The van der Waals surface area contributed by atoms with Crippen LogP contribution in [-0.4, -0.2) is 37.2 Å². The van der Waals surface area contributed by atoms with Gasteiger partial charge in [-0.2, -0.15) is 0 Å². The molecule has 0 aromatic carbocycles. The van der Waals surface area contributed by atoms with Crippen molar-refractivity contribution in [2.45, 2.75) is 44.6 Å². The van der Waals surface area contributed by atoms with Crippen molar-refractivity contribution < 1.29 is 4.74 Å². The lowest BCUT2D eigenvalue weighted by Crippen LogP contribution is -2.20. The molecule has 0 atom stereocenters. The number of hydrogen-bond donors (Lipinski definition) is 0. The Morgan fingerprint density at radius 1 is 1.30 bits per heavy atom. The maximum absolute atomic E-state index is 5.91. The Kier molecular flexibility index (Phi) is 6.85. The zero-order chi connectivity index (χ0) is 14.2. The molecule has 20 heavy (non-hydrogen) atoms. The average Bonchev–Trinajstić information content (AvgIpc) is 3.08. The smallest absolute Gasteiger partial charge is 0.0654 e. The summed E-state index contributed by atoms with van der Waals surface area (Å²) in [6.45, 7) is 8.20. The van der Waals surface area contributed by atoms with Crippen LogP contribution in [0.1, 0.15) is 38.5 Å². The van der Waals surface area contributed by atoms with E-state index in [1.54, 1.807) is 0 Å². The minimum Gasteiger partial charge on any atom is -0.374 e. The highest BCUT2D eigenvalue weighted by atomic mass is 35.5. The summed E-state index contributed by atoms with van der Waals surface area (Å²) in [5, 5.41) is 0.605. The normalized spacial score (nSPS) is 20.9. The second-order valence-corrected chi connectivity index (χ2v) is 6.24. The standard InChI is InChI=1S/C17H26ClNO/c1-15(18)14-16(7-5-13-20-17-8-9-17)6-4-12-19-10-2-3-11-19/h5,7,14,17H,1-4,6,8-13H2/b7-5-,16-14-. The van der Waals surface area contributed by atoms with Crippen LogP contribution < -0.4 is 0 Å². The number of halogens is 1. The van der Waals surface area contributed by atoms with Crippen LogP contribution in [-0.2, 0) is 4.74 Å². The van der Waals surface area contributed by atoms with Gasteiger partial charge in [0.25, 0.3) is 0 Å². The minimum absolute atomic E-state index is 0.519. The predicted molar refractivity (Wildman–Crippen MR) is 86.1 cm³/mol. The third-order valence-corrected chi connectivity index (χ3v) is 3.87. The largest absolute Gasteiger partial charge is 0.374 e. The van der Waals surface area contributed by atoms with Gasteiger partial charge in [-0.3, -0.25) is 0 Å². The molecule has 2 fully saturated rings. The first-order valence-corrected chi connectivity index (χ1v) is 8.17. The highest BCUT2D eigenvalue weighted by Crippen LogP contribution is 2.23. The van der Waals surface area contributed by atoms with Crippen molar-refractivity contribution >= 4 is 11.6 Å². The fraction of sp³-hybridized carbons (Fsp3) is 0.647. The molecule has 2 nitrogen and oxygen atoms in total. The molecule has 0 unspecified atom stereocenters. The first-order valence-electron chi connectivity index (χ1n) is 7.79. The molecule has 1 heterocycles. The molecule has 2 rings (SSSR count). The van der Waals surface area contributed by atoms with Crippen LogP contribution >= 0.6 is 11.6 Å². The molecule has 0 bridgehead atoms. The highest BCUT2D eigenvalue weighted by molar-refractivity contribution is 6.30. The molecule has 0 spiro atoms. The summed E-state index contributed by atoms with van der Waals surface area (Å²) < 4.78 is 5.62. The van der Waals surface area contributed by atoms with Gasteiger partial charge in [-0.25, -0.2) is 0 Å². The van der Waals surface area contributed by atoms with Gasteiger partial charge in [-0.05, 0) is 69.8 Å². The molecule has 0 aromatic rings. The number of rotatable bonds is 9. The third-order valence-electron chi connectivity index (χ3n) is 3.76. The number of nitrogens with zero attached hydrogens (tertiary/aromatic N) is 1. The van der Waals surface area contributed by atoms with Gasteiger partial charge in [0.15, 0.2) is 0 Å². The third kappa shape index (κ3) is 6.74. The van der Waals surface area contributed by atoms with Gasteiger partial charge in [0.1, 0.15) is 0 Å². The molecule has 0 amide bonds. The van der Waals surface area contributed by atoms with Crippen molar-refractivity contribution in [3.63, 3.8) is 0 Å². The zero-order valence-corrected chi connectivity index (χ0v) is 13.1. The highest BCUT2D eigenvalue weighted by Gasteiger charge is 2.20. The summed E-state index contributed by atoms with van der Waals surface area (Å²) >= 11 is 5.91. The number of hydrogen-bond acceptors (Lipinski definition) is 2. The van der Waals surface area contributed by atoms with E-state index in [9.17, 15) is 0 Å². The summed E-state index contributed by atoms with van der Waals surface area (Å²) in [4.78, 5) is 2.55. The Balaban J connectivity index is 1.69. The topological polar surface area (TPSA) is 12.5 Å². The van der Waals surface area contributed by atoms with Gasteiger partial charge < -0.3 is 9.64 Å². The van der Waals surface area contributed by atoms with E-state index in [2.05, 4.69) is 23.6 Å². The summed E-state index contributed by atoms with van der Waals surface area (Å²) in [7, 11) is 0. The van der Waals surface area contributed by atoms with Crippen molar-refractivity contribution in [1.29, 1.82) is 0 Å². The fourth-order valence-electron chi connectivity index (χ4n) is 2.54. The fourth-order valence-corrected chi connectivity index (χ4v) is 2.68. The van der Waals surface area contributed by atoms with Gasteiger partial charge in [0.05, 0.1) is 12.7 Å². The molecular weight excluding hydrogens is 270 g/mol. The van der Waals surface area contributed by atoms with Crippen LogP contribution in [0.5, 0.6) is 0 Å². The van der Waals surface area contributed by atoms with Gasteiger partial charge >= 0.3 is 0 Å². The van der Waals surface area contributed by atoms with Gasteiger partial charge in [-0.15, -0.1) is 0 Å². The first-order chi connectivity index (χ1) is 9.74. The molecule has 112 valence electrons. The molecular formula is C17H26ClNO. The maximum atomic E-state index is 5.91. The molecule has 3 heteroatoms. The van der Waals surface area contributed by atoms with Gasteiger partial charge in [0, 0.05) is 5.03 Å². The second kappa shape index (κ2) is 8.66. The molecule has 0 radical (unpaired) electrons. The SMILES string of the molecule is C=C(Cl)/C=C(\C=C/COC1CC1)CCCN1CCCC1. The summed E-state index contributed by atoms with van der Waals surface area (Å²) in [6, 6.07) is 0. The summed E-state index contributed by atoms with van der Waals surface area (Å²) in [6.07, 6.45) is 14.1. The molecule has 1 aliphatic carbocycles. The number of allylic oxidation sites excluding steroid dienone is 4. The van der Waals surface area contributed by atoms with Crippen LogP contribution in [0.25, 0.3) is 0 Å². The van der Waals surface area contributed by atoms with Crippen LogP contribution in [0.15, 0.2) is 35.4 Å². The van der Waals surface area contributed by atoms with E-state index < -0.39 is 0 Å². The van der Waals surface area contributed by atoms with Crippen molar-refractivity contribution in [3.05, 3.63) is 35.4 Å². The lowest BCUT2D eigenvalue weighted by atomic mass is 10.1. The van der Waals surface area contributed by atoms with E-state index in [-0.39, 0.29) is 0 Å². The molecule has 1 aliphatic heterocycles. The lowest BCUT2D eigenvalue weighted by Gasteiger charge is -2.14. The quantitative estimate of drug-likeness (QED) is 0.589. The van der Waals surface area contributed by atoms with E-state index in [0.29, 0.717) is 17.7 Å². The summed E-state index contributed by atoms with van der Waals surface area (Å²) in [5.41, 5.74) is 1.25. The van der Waals surface area contributed by atoms with Crippen molar-refractivity contribution in [3.8, 4) is 0 Å². The van der Waals surface area contributed by atoms with Crippen molar-refractivity contribution in [2.75, 3.05) is 26.2 Å². The Hall–Kier alpha value is -0.570. The monoisotopic (exact) mass is 295 g/mol. The predicted octanol–water partition coefficient (Wildman–Crippen LogP) is 4.28. The van der Waals surface area contributed by atoms with Crippen molar-refractivity contribution in [2.24, 2.45) is 0 Å². The minimum atomic E-state index is 0.519. The van der Waals surface area contributed by atoms with E-state index in [1.807, 2.05) is 6.08 Å². The van der Waals surface area contributed by atoms with E-state index in [0.717, 1.165) is 6.42 Å². The average molecular weight is 296 g/mol. The molecule has 1 saturated carbocycles. The Bertz CT molecular complexity index is 365. The van der Waals surface area contributed by atoms with E-state index >= 15 is 0 Å². The van der Waals surface area contributed by atoms with Crippen LogP contribution in [0, 0.1) is 0 Å². The van der Waals surface area contributed by atoms with Crippen molar-refractivity contribution in [1.82, 2.24) is 4.90 Å². The Labute approximate surface area is 128 Å². The summed E-state index contributed by atoms with van der Waals surface area (Å²) in [5.74, 6) is 0. The molecule has 2 aliphatic rings. The van der Waals surface area contributed by atoms with E-state index in [4.69, 9.17) is 16.3 Å². The maximum Gasteiger partial charge on any atom is 0.0654 e. The number of likely N-dealkylation sites (tertiary alicyclic amines) is 1. The second-order valence-electron chi connectivity index (χ2n) is 5.75. The van der Waals surface area contributed by atoms with Crippen LogP contribution in [0.2, 0.25) is 0 Å². The van der Waals surface area contributed by atoms with Crippen LogP contribution in [0.4, 0.5) is 0 Å². The zero-order valence-electron chi connectivity index (χ0n) is 12.3. The van der Waals surface area contributed by atoms with E-state index in [1.165, 1.54) is 57.3 Å². The molecule has 0 aromatic heterocycles. The van der Waals surface area contributed by atoms with Gasteiger partial charge in [-0.1, -0.05) is 30.3 Å².